The van der Waals surface area contributed by atoms with Gasteiger partial charge < -0.3 is 0 Å². The maximum absolute atomic E-state index is 10.8. The Morgan fingerprint density at radius 3 is 2.73 bits per heavy atom. The van der Waals surface area contributed by atoms with Gasteiger partial charge in [0.25, 0.3) is 5.69 Å². The molecule has 0 fully saturated rings. The number of nitrogens with zero attached hydrogens (tertiary/aromatic N) is 3. The Balaban J connectivity index is 1.95. The molecule has 2 aromatic heterocycles. The summed E-state index contributed by atoms with van der Waals surface area (Å²) in [6.45, 7) is 0. The van der Waals surface area contributed by atoms with Crippen molar-refractivity contribution >= 4 is 62.7 Å². The first-order valence-corrected chi connectivity index (χ1v) is 7.65. The fourth-order valence-electron chi connectivity index (χ4n) is 1.82. The Morgan fingerprint density at radius 1 is 1.14 bits per heavy atom. The summed E-state index contributed by atoms with van der Waals surface area (Å²) in [4.78, 5) is 19.6. The number of nitro groups is 1. The van der Waals surface area contributed by atoms with Crippen molar-refractivity contribution < 1.29 is 4.92 Å². The van der Waals surface area contributed by atoms with Gasteiger partial charge in [-0.05, 0) is 29.8 Å². The largest absolute Gasteiger partial charge is 0.270 e. The number of hydrogen-bond donors (Lipinski definition) is 0. The SMILES string of the molecule is O=[N+]([O-])c1ccc(Cl)c(/C=C/c2nc3ccc(Cl)nc3s2)c1. The van der Waals surface area contributed by atoms with E-state index in [4.69, 9.17) is 23.2 Å². The van der Waals surface area contributed by atoms with Crippen LogP contribution in [0.3, 0.4) is 0 Å². The van der Waals surface area contributed by atoms with Crippen molar-refractivity contribution in [3.05, 3.63) is 61.2 Å². The predicted octanol–water partition coefficient (Wildman–Crippen LogP) is 5.08. The Hall–Kier alpha value is -2.02. The molecule has 2 heterocycles. The first-order chi connectivity index (χ1) is 10.5. The molecule has 0 saturated heterocycles. The van der Waals surface area contributed by atoms with Gasteiger partial charge in [-0.3, -0.25) is 10.1 Å². The number of hydrogen-bond acceptors (Lipinski definition) is 5. The van der Waals surface area contributed by atoms with Crippen molar-refractivity contribution in [2.45, 2.75) is 0 Å². The van der Waals surface area contributed by atoms with E-state index in [-0.39, 0.29) is 5.69 Å². The average Bonchev–Trinajstić information content (AvgIpc) is 2.88. The van der Waals surface area contributed by atoms with E-state index in [2.05, 4.69) is 9.97 Å². The zero-order chi connectivity index (χ0) is 15.7. The number of aromatic nitrogens is 2. The summed E-state index contributed by atoms with van der Waals surface area (Å²) in [5.41, 5.74) is 1.29. The van der Waals surface area contributed by atoms with Crippen LogP contribution in [0, 0.1) is 10.1 Å². The van der Waals surface area contributed by atoms with Crippen LogP contribution >= 0.6 is 34.5 Å². The van der Waals surface area contributed by atoms with Gasteiger partial charge >= 0.3 is 0 Å². The minimum atomic E-state index is -0.461. The van der Waals surface area contributed by atoms with E-state index in [9.17, 15) is 10.1 Å². The van der Waals surface area contributed by atoms with E-state index >= 15 is 0 Å². The lowest BCUT2D eigenvalue weighted by atomic mass is 10.2. The Bertz CT molecular complexity index is 908. The number of nitro benzene ring substituents is 1. The number of benzene rings is 1. The van der Waals surface area contributed by atoms with Gasteiger partial charge in [-0.15, -0.1) is 0 Å². The average molecular weight is 352 g/mol. The van der Waals surface area contributed by atoms with Gasteiger partial charge in [0.2, 0.25) is 0 Å². The number of pyridine rings is 1. The Morgan fingerprint density at radius 2 is 1.95 bits per heavy atom. The Labute approximate surface area is 139 Å². The van der Waals surface area contributed by atoms with Crippen LogP contribution in [0.5, 0.6) is 0 Å². The van der Waals surface area contributed by atoms with Crippen molar-refractivity contribution in [2.75, 3.05) is 0 Å². The summed E-state index contributed by atoms with van der Waals surface area (Å²) in [6, 6.07) is 7.75. The van der Waals surface area contributed by atoms with Crippen LogP contribution < -0.4 is 0 Å². The number of fused-ring (bicyclic) bond motifs is 1. The molecule has 0 atom stereocenters. The lowest BCUT2D eigenvalue weighted by molar-refractivity contribution is -0.384. The first kappa shape index (κ1) is 14.9. The summed E-state index contributed by atoms with van der Waals surface area (Å²) >= 11 is 13.3. The van der Waals surface area contributed by atoms with E-state index in [0.717, 1.165) is 10.3 Å². The number of thiazole rings is 1. The normalized spacial score (nSPS) is 11.4. The van der Waals surface area contributed by atoms with E-state index in [1.54, 1.807) is 24.3 Å². The molecule has 3 aromatic rings. The molecule has 0 N–H and O–H groups in total. The fraction of sp³-hybridized carbons (Fsp3) is 0. The van der Waals surface area contributed by atoms with Crippen LogP contribution in [0.25, 0.3) is 22.5 Å². The molecule has 0 aliphatic rings. The highest BCUT2D eigenvalue weighted by molar-refractivity contribution is 7.19. The molecular weight excluding hydrogens is 345 g/mol. The maximum Gasteiger partial charge on any atom is 0.270 e. The minimum Gasteiger partial charge on any atom is -0.258 e. The Kier molecular flexibility index (Phi) is 4.06. The molecule has 0 saturated carbocycles. The van der Waals surface area contributed by atoms with E-state index in [1.807, 2.05) is 0 Å². The van der Waals surface area contributed by atoms with Crippen LogP contribution in [0.4, 0.5) is 5.69 Å². The zero-order valence-electron chi connectivity index (χ0n) is 10.9. The van der Waals surface area contributed by atoms with Crippen molar-refractivity contribution in [1.82, 2.24) is 9.97 Å². The van der Waals surface area contributed by atoms with Gasteiger partial charge in [-0.25, -0.2) is 9.97 Å². The zero-order valence-corrected chi connectivity index (χ0v) is 13.2. The molecule has 0 unspecified atom stereocenters. The molecule has 0 spiro atoms. The molecule has 0 amide bonds. The molecular formula is C14H7Cl2N3O2S. The topological polar surface area (TPSA) is 68.9 Å². The fourth-order valence-corrected chi connectivity index (χ4v) is 3.03. The smallest absolute Gasteiger partial charge is 0.258 e. The predicted molar refractivity (Wildman–Crippen MR) is 89.5 cm³/mol. The highest BCUT2D eigenvalue weighted by atomic mass is 35.5. The van der Waals surface area contributed by atoms with Crippen LogP contribution in [-0.4, -0.2) is 14.9 Å². The standard InChI is InChI=1S/C14H7Cl2N3O2S/c15-10-3-2-9(19(20)21)7-8(10)1-6-13-17-11-4-5-12(16)18-14(11)22-13/h1-7H/b6-1+. The molecule has 8 heteroatoms. The van der Waals surface area contributed by atoms with Gasteiger partial charge in [0.05, 0.1) is 4.92 Å². The van der Waals surface area contributed by atoms with E-state index in [0.29, 0.717) is 20.7 Å². The summed E-state index contributed by atoms with van der Waals surface area (Å²) in [5, 5.41) is 12.4. The van der Waals surface area contributed by atoms with Gasteiger partial charge in [0.15, 0.2) is 0 Å². The lowest BCUT2D eigenvalue weighted by Crippen LogP contribution is -1.88. The van der Waals surface area contributed by atoms with Crippen LogP contribution in [0.2, 0.25) is 10.2 Å². The van der Waals surface area contributed by atoms with Gasteiger partial charge in [0, 0.05) is 17.2 Å². The molecule has 1 aromatic carbocycles. The molecule has 0 radical (unpaired) electrons. The third kappa shape index (κ3) is 3.09. The first-order valence-electron chi connectivity index (χ1n) is 6.08. The molecule has 0 aliphatic carbocycles. The summed E-state index contributed by atoms with van der Waals surface area (Å²) in [6.07, 6.45) is 3.43. The van der Waals surface area contributed by atoms with Crippen molar-refractivity contribution in [3.8, 4) is 0 Å². The van der Waals surface area contributed by atoms with E-state index < -0.39 is 4.92 Å². The maximum atomic E-state index is 10.8. The van der Waals surface area contributed by atoms with Crippen molar-refractivity contribution in [3.63, 3.8) is 0 Å². The van der Waals surface area contributed by atoms with Crippen LogP contribution in [0.1, 0.15) is 10.6 Å². The van der Waals surface area contributed by atoms with Gasteiger partial charge in [0.1, 0.15) is 20.5 Å². The van der Waals surface area contributed by atoms with Crippen molar-refractivity contribution in [2.24, 2.45) is 0 Å². The minimum absolute atomic E-state index is 0.0122. The summed E-state index contributed by atoms with van der Waals surface area (Å²) in [5.74, 6) is 0. The van der Waals surface area contributed by atoms with E-state index in [1.165, 1.54) is 29.5 Å². The highest BCUT2D eigenvalue weighted by Gasteiger charge is 2.08. The molecule has 0 aliphatic heterocycles. The second kappa shape index (κ2) is 6.00. The van der Waals surface area contributed by atoms with Crippen molar-refractivity contribution in [1.29, 1.82) is 0 Å². The second-order valence-corrected chi connectivity index (χ2v) is 6.11. The van der Waals surface area contributed by atoms with Crippen LogP contribution in [0.15, 0.2) is 30.3 Å². The monoisotopic (exact) mass is 351 g/mol. The van der Waals surface area contributed by atoms with Crippen LogP contribution in [-0.2, 0) is 0 Å². The number of non-ortho nitro benzene ring substituents is 1. The number of halogens is 2. The summed E-state index contributed by atoms with van der Waals surface area (Å²) < 4.78 is 0. The molecule has 5 nitrogen and oxygen atoms in total. The second-order valence-electron chi connectivity index (χ2n) is 4.31. The lowest BCUT2D eigenvalue weighted by Gasteiger charge is -1.97. The molecule has 3 rings (SSSR count). The number of rotatable bonds is 3. The highest BCUT2D eigenvalue weighted by Crippen LogP contribution is 2.26. The van der Waals surface area contributed by atoms with Gasteiger partial charge in [-0.1, -0.05) is 40.6 Å². The third-order valence-corrected chi connectivity index (χ3v) is 4.32. The van der Waals surface area contributed by atoms with Gasteiger partial charge in [-0.2, -0.15) is 0 Å². The summed E-state index contributed by atoms with van der Waals surface area (Å²) in [7, 11) is 0. The third-order valence-electron chi connectivity index (χ3n) is 2.83. The molecule has 110 valence electrons. The molecule has 22 heavy (non-hydrogen) atoms. The quantitative estimate of drug-likeness (QED) is 0.375. The molecule has 0 bridgehead atoms.